The van der Waals surface area contributed by atoms with Gasteiger partial charge in [-0.3, -0.25) is 0 Å². The van der Waals surface area contributed by atoms with E-state index in [1.165, 1.54) is 12.1 Å². The summed E-state index contributed by atoms with van der Waals surface area (Å²) in [5.41, 5.74) is 2.13. The molecule has 0 radical (unpaired) electrons. The van der Waals surface area contributed by atoms with Crippen LogP contribution in [0.3, 0.4) is 0 Å². The molecule has 0 spiro atoms. The molecule has 1 unspecified atom stereocenters. The summed E-state index contributed by atoms with van der Waals surface area (Å²) < 4.78 is 41.6. The maximum atomic E-state index is 12.5. The zero-order chi connectivity index (χ0) is 21.6. The van der Waals surface area contributed by atoms with Crippen molar-refractivity contribution < 1.29 is 17.9 Å². The number of hydrogen-bond donors (Lipinski definition) is 1. The Morgan fingerprint density at radius 2 is 1.93 bits per heavy atom. The fourth-order valence-electron chi connectivity index (χ4n) is 3.06. The minimum absolute atomic E-state index is 0.249. The van der Waals surface area contributed by atoms with Crippen LogP contribution >= 0.6 is 0 Å². The third-order valence-corrected chi connectivity index (χ3v) is 4.18. The average molecular weight is 411 g/mol. The summed E-state index contributed by atoms with van der Waals surface area (Å²) in [5, 5.41) is 9.64. The Labute approximate surface area is 169 Å². The van der Waals surface area contributed by atoms with Crippen LogP contribution in [0, 0.1) is 0 Å². The number of alkyl halides is 3. The van der Waals surface area contributed by atoms with Crippen molar-refractivity contribution in [1.29, 1.82) is 0 Å². The van der Waals surface area contributed by atoms with E-state index >= 15 is 0 Å². The average Bonchev–Trinajstić information content (AvgIpc) is 2.64. The Morgan fingerprint density at radius 1 is 1.31 bits per heavy atom. The van der Waals surface area contributed by atoms with Crippen LogP contribution in [0.1, 0.15) is 39.3 Å². The lowest BCUT2D eigenvalue weighted by Gasteiger charge is -2.39. The van der Waals surface area contributed by atoms with Crippen LogP contribution in [-0.2, 0) is 0 Å². The van der Waals surface area contributed by atoms with Crippen molar-refractivity contribution in [3.63, 3.8) is 0 Å². The van der Waals surface area contributed by atoms with Crippen LogP contribution in [-0.4, -0.2) is 54.1 Å². The van der Waals surface area contributed by atoms with Gasteiger partial charge in [0.05, 0.1) is 11.7 Å². The number of hydrazone groups is 1. The van der Waals surface area contributed by atoms with Crippen molar-refractivity contribution >= 4 is 17.4 Å². The van der Waals surface area contributed by atoms with E-state index in [0.29, 0.717) is 11.3 Å². The summed E-state index contributed by atoms with van der Waals surface area (Å²) in [6.45, 7) is 14.2. The zero-order valence-corrected chi connectivity index (χ0v) is 17.3. The summed E-state index contributed by atoms with van der Waals surface area (Å²) >= 11 is 0. The number of rotatable bonds is 2. The summed E-state index contributed by atoms with van der Waals surface area (Å²) in [6, 6.07) is 3.98. The molecule has 1 aromatic carbocycles. The van der Waals surface area contributed by atoms with E-state index in [4.69, 9.17) is 0 Å². The van der Waals surface area contributed by atoms with Crippen molar-refractivity contribution in [2.45, 2.75) is 40.1 Å². The molecule has 0 aromatic heterocycles. The molecule has 1 fully saturated rings. The van der Waals surface area contributed by atoms with Crippen LogP contribution in [0.5, 0.6) is 5.75 Å². The Kier molecular flexibility index (Phi) is 7.66. The fraction of sp³-hybridized carbons (Fsp3) is 0.500. The second-order valence-corrected chi connectivity index (χ2v) is 6.89. The first-order valence-corrected chi connectivity index (χ1v) is 9.48. The number of hydrogen-bond acceptors (Lipinski definition) is 6. The van der Waals surface area contributed by atoms with Crippen LogP contribution in [0.4, 0.5) is 18.9 Å². The first-order chi connectivity index (χ1) is 13.7. The molecule has 0 amide bonds. The number of benzene rings is 1. The molecule has 1 saturated heterocycles. The van der Waals surface area contributed by atoms with Crippen molar-refractivity contribution in [1.82, 2.24) is 15.2 Å². The molecule has 0 bridgehead atoms. The highest BCUT2D eigenvalue weighted by molar-refractivity contribution is 5.88. The molecule has 1 aromatic rings. The highest BCUT2D eigenvalue weighted by Gasteiger charge is 2.34. The Hall–Kier alpha value is -2.55. The maximum Gasteiger partial charge on any atom is 0.573 e. The van der Waals surface area contributed by atoms with Gasteiger partial charge in [0.25, 0.3) is 0 Å². The maximum absolute atomic E-state index is 12.5. The lowest BCUT2D eigenvalue weighted by molar-refractivity contribution is -0.274. The first-order valence-electron chi connectivity index (χ1n) is 9.48. The van der Waals surface area contributed by atoms with E-state index in [-0.39, 0.29) is 11.8 Å². The predicted octanol–water partition coefficient (Wildman–Crippen LogP) is 4.44. The van der Waals surface area contributed by atoms with Crippen molar-refractivity contribution in [2.75, 3.05) is 26.2 Å². The SMILES string of the molecule is C=CC.CC(C)=NN1C(N2CCNCC2)=Nc2ccc(OC(F)(F)F)cc2C1C. The molecule has 29 heavy (non-hydrogen) atoms. The van der Waals surface area contributed by atoms with Gasteiger partial charge in [-0.1, -0.05) is 6.08 Å². The molecular weight excluding hydrogens is 383 g/mol. The molecule has 3 rings (SSSR count). The van der Waals surface area contributed by atoms with Gasteiger partial charge in [-0.25, -0.2) is 10.0 Å². The van der Waals surface area contributed by atoms with Crippen LogP contribution in [0.15, 0.2) is 40.9 Å². The molecule has 0 aliphatic carbocycles. The number of ether oxygens (including phenoxy) is 1. The molecule has 9 heteroatoms. The van der Waals surface area contributed by atoms with Crippen molar-refractivity contribution in [3.8, 4) is 5.75 Å². The number of nitrogens with one attached hydrogen (secondary N) is 1. The Balaban J connectivity index is 0.000000941. The quantitative estimate of drug-likeness (QED) is 0.577. The predicted molar refractivity (Wildman–Crippen MR) is 110 cm³/mol. The molecule has 2 aliphatic rings. The van der Waals surface area contributed by atoms with Gasteiger partial charge in [-0.15, -0.1) is 19.8 Å². The van der Waals surface area contributed by atoms with Gasteiger partial charge in [0.2, 0.25) is 5.96 Å². The molecule has 1 N–H and O–H groups in total. The highest BCUT2D eigenvalue weighted by atomic mass is 19.4. The molecular formula is C20H28F3N5O. The van der Waals surface area contributed by atoms with Crippen LogP contribution < -0.4 is 10.1 Å². The number of halogens is 3. The van der Waals surface area contributed by atoms with E-state index in [0.717, 1.165) is 37.9 Å². The number of allylic oxidation sites excluding steroid dienone is 1. The molecule has 6 nitrogen and oxygen atoms in total. The van der Waals surface area contributed by atoms with E-state index in [1.807, 2.05) is 27.7 Å². The van der Waals surface area contributed by atoms with Gasteiger partial charge in [0, 0.05) is 37.5 Å². The molecule has 2 aliphatic heterocycles. The minimum atomic E-state index is -4.72. The van der Waals surface area contributed by atoms with E-state index in [9.17, 15) is 13.2 Å². The number of fused-ring (bicyclic) bond motifs is 1. The Morgan fingerprint density at radius 3 is 2.48 bits per heavy atom. The third-order valence-electron chi connectivity index (χ3n) is 4.18. The zero-order valence-electron chi connectivity index (χ0n) is 17.3. The minimum Gasteiger partial charge on any atom is -0.406 e. The number of guanidine groups is 1. The van der Waals surface area contributed by atoms with Gasteiger partial charge in [0.15, 0.2) is 0 Å². The monoisotopic (exact) mass is 411 g/mol. The summed E-state index contributed by atoms with van der Waals surface area (Å²) in [7, 11) is 0. The Bertz CT molecular complexity index is 766. The number of nitrogens with zero attached hydrogens (tertiary/aromatic N) is 4. The lowest BCUT2D eigenvalue weighted by Crippen LogP contribution is -2.52. The normalized spacial score (nSPS) is 18.7. The van der Waals surface area contributed by atoms with Crippen molar-refractivity contribution in [2.24, 2.45) is 10.1 Å². The van der Waals surface area contributed by atoms with Gasteiger partial charge in [-0.05, 0) is 45.9 Å². The third kappa shape index (κ3) is 6.22. The van der Waals surface area contributed by atoms with E-state index < -0.39 is 6.36 Å². The largest absolute Gasteiger partial charge is 0.573 e. The second-order valence-electron chi connectivity index (χ2n) is 6.89. The van der Waals surface area contributed by atoms with Gasteiger partial charge >= 0.3 is 6.36 Å². The second kappa shape index (κ2) is 9.78. The van der Waals surface area contributed by atoms with Crippen LogP contribution in [0.2, 0.25) is 0 Å². The topological polar surface area (TPSA) is 52.5 Å². The smallest absolute Gasteiger partial charge is 0.406 e. The van der Waals surface area contributed by atoms with E-state index in [2.05, 4.69) is 31.6 Å². The lowest BCUT2D eigenvalue weighted by atomic mass is 10.0. The standard InChI is InChI=1S/C17H22F3N5O.C3H6/c1-11(2)23-25-12(3)14-10-13(26-17(18,19)20)4-5-15(14)22-16(25)24-8-6-21-7-9-24;1-3-2/h4-5,10,12,21H,6-9H2,1-3H3;3H,1H2,2H3. The highest BCUT2D eigenvalue weighted by Crippen LogP contribution is 2.39. The van der Waals surface area contributed by atoms with E-state index in [1.54, 1.807) is 17.2 Å². The fourth-order valence-corrected chi connectivity index (χ4v) is 3.06. The molecule has 0 saturated carbocycles. The molecule has 160 valence electrons. The van der Waals surface area contributed by atoms with Gasteiger partial charge in [0.1, 0.15) is 5.75 Å². The molecule has 1 atom stereocenters. The van der Waals surface area contributed by atoms with Gasteiger partial charge < -0.3 is 15.0 Å². The first kappa shape index (κ1) is 22.7. The number of aliphatic imine (C=N–C) groups is 1. The number of piperazine rings is 1. The summed E-state index contributed by atoms with van der Waals surface area (Å²) in [5.74, 6) is 0.471. The van der Waals surface area contributed by atoms with Crippen molar-refractivity contribution in [3.05, 3.63) is 36.4 Å². The summed E-state index contributed by atoms with van der Waals surface area (Å²) in [4.78, 5) is 6.83. The summed E-state index contributed by atoms with van der Waals surface area (Å²) in [6.07, 6.45) is -2.97. The van der Waals surface area contributed by atoms with Crippen LogP contribution in [0.25, 0.3) is 0 Å². The molecule has 2 heterocycles. The van der Waals surface area contributed by atoms with Gasteiger partial charge in [-0.2, -0.15) is 5.10 Å².